The predicted octanol–water partition coefficient (Wildman–Crippen LogP) is 6.80. The van der Waals surface area contributed by atoms with Gasteiger partial charge in [-0.2, -0.15) is 0 Å². The Hall–Kier alpha value is -3.51. The van der Waals surface area contributed by atoms with Crippen LogP contribution in [0.2, 0.25) is 0 Å². The molecule has 0 spiro atoms. The first-order valence-electron chi connectivity index (χ1n) is 13.6. The van der Waals surface area contributed by atoms with E-state index in [2.05, 4.69) is 18.7 Å². The second kappa shape index (κ2) is 9.99. The SMILES string of the molecule is C[C@@H]1CCN([C@@H](C)COc2ccc(C3Oc4ccc(O)cc4C(C4CC4)=C3c3ccc(F)c(O)c3)cc2)C1. The van der Waals surface area contributed by atoms with E-state index < -0.39 is 17.7 Å². The van der Waals surface area contributed by atoms with Crippen LogP contribution in [0.4, 0.5) is 4.39 Å². The van der Waals surface area contributed by atoms with Crippen molar-refractivity contribution in [3.8, 4) is 23.0 Å². The number of benzene rings is 3. The van der Waals surface area contributed by atoms with Gasteiger partial charge in [0.15, 0.2) is 11.6 Å². The number of hydrogen-bond acceptors (Lipinski definition) is 5. The molecule has 3 aromatic carbocycles. The lowest BCUT2D eigenvalue weighted by molar-refractivity contribution is 0.169. The number of nitrogens with zero attached hydrogens (tertiary/aromatic N) is 1. The lowest BCUT2D eigenvalue weighted by atomic mass is 9.83. The highest BCUT2D eigenvalue weighted by Crippen LogP contribution is 2.55. The number of phenols is 2. The second-order valence-electron chi connectivity index (χ2n) is 11.1. The van der Waals surface area contributed by atoms with Gasteiger partial charge in [-0.25, -0.2) is 4.39 Å². The number of hydrogen-bond donors (Lipinski definition) is 2. The summed E-state index contributed by atoms with van der Waals surface area (Å²) in [6, 6.07) is 18.0. The van der Waals surface area contributed by atoms with E-state index in [0.717, 1.165) is 59.9 Å². The number of allylic oxidation sites excluding steroid dienone is 1. The minimum absolute atomic E-state index is 0.171. The van der Waals surface area contributed by atoms with Crippen LogP contribution < -0.4 is 9.47 Å². The molecule has 1 saturated carbocycles. The van der Waals surface area contributed by atoms with Crippen LogP contribution in [0, 0.1) is 17.7 Å². The Kier molecular flexibility index (Phi) is 6.52. The predicted molar refractivity (Wildman–Crippen MR) is 146 cm³/mol. The molecule has 0 amide bonds. The van der Waals surface area contributed by atoms with E-state index in [9.17, 15) is 14.6 Å². The van der Waals surface area contributed by atoms with Crippen molar-refractivity contribution in [2.45, 2.75) is 45.3 Å². The zero-order valence-electron chi connectivity index (χ0n) is 21.9. The number of ether oxygens (including phenoxy) is 2. The summed E-state index contributed by atoms with van der Waals surface area (Å²) in [6.45, 7) is 7.39. The van der Waals surface area contributed by atoms with E-state index in [-0.39, 0.29) is 5.75 Å². The highest BCUT2D eigenvalue weighted by Gasteiger charge is 2.38. The molecule has 198 valence electrons. The third kappa shape index (κ3) is 4.85. The lowest BCUT2D eigenvalue weighted by Crippen LogP contribution is -2.35. The van der Waals surface area contributed by atoms with Gasteiger partial charge in [-0.15, -0.1) is 0 Å². The van der Waals surface area contributed by atoms with Gasteiger partial charge in [0.1, 0.15) is 30.0 Å². The summed E-state index contributed by atoms with van der Waals surface area (Å²) in [5.41, 5.74) is 4.49. The van der Waals surface area contributed by atoms with Crippen molar-refractivity contribution < 1.29 is 24.1 Å². The van der Waals surface area contributed by atoms with Crippen molar-refractivity contribution >= 4 is 11.1 Å². The lowest BCUT2D eigenvalue weighted by Gasteiger charge is -2.32. The Labute approximate surface area is 223 Å². The number of fused-ring (bicyclic) bond motifs is 1. The standard InChI is InChI=1S/C32H34FNO4/c1-19-13-14-34(17-19)20(2)18-37-25-9-5-22(6-10-25)32-31(23-7-11-27(33)28(36)15-23)30(21-3-4-21)26-16-24(35)8-12-29(26)38-32/h5-12,15-16,19-21,32,35-36H,3-4,13-14,17-18H2,1-2H3/t19-,20+,32?/m1/s1. The molecule has 3 aromatic rings. The zero-order chi connectivity index (χ0) is 26.4. The third-order valence-electron chi connectivity index (χ3n) is 8.05. The molecule has 1 saturated heterocycles. The number of halogens is 1. The van der Waals surface area contributed by atoms with Gasteiger partial charge in [-0.05, 0) is 104 Å². The zero-order valence-corrected chi connectivity index (χ0v) is 21.9. The van der Waals surface area contributed by atoms with Gasteiger partial charge in [-0.1, -0.05) is 25.1 Å². The van der Waals surface area contributed by atoms with E-state index in [1.807, 2.05) is 24.3 Å². The molecule has 6 heteroatoms. The minimum Gasteiger partial charge on any atom is -0.508 e. The van der Waals surface area contributed by atoms with Crippen LogP contribution >= 0.6 is 0 Å². The number of phenolic OH excluding ortho intramolecular Hbond substituents is 2. The average molecular weight is 516 g/mol. The Bertz CT molecular complexity index is 1360. The number of rotatable bonds is 7. The summed E-state index contributed by atoms with van der Waals surface area (Å²) in [4.78, 5) is 2.48. The summed E-state index contributed by atoms with van der Waals surface area (Å²) < 4.78 is 26.7. The molecule has 1 aliphatic carbocycles. The molecule has 0 radical (unpaired) electrons. The van der Waals surface area contributed by atoms with Crippen molar-refractivity contribution in [2.24, 2.45) is 11.8 Å². The smallest absolute Gasteiger partial charge is 0.164 e. The van der Waals surface area contributed by atoms with Crippen molar-refractivity contribution in [1.29, 1.82) is 0 Å². The number of likely N-dealkylation sites (tertiary alicyclic amines) is 1. The van der Waals surface area contributed by atoms with Crippen molar-refractivity contribution in [3.63, 3.8) is 0 Å². The first kappa shape index (κ1) is 24.8. The summed E-state index contributed by atoms with van der Waals surface area (Å²) in [5, 5.41) is 20.4. The molecule has 3 atom stereocenters. The van der Waals surface area contributed by atoms with Crippen LogP contribution in [0.1, 0.15) is 55.9 Å². The molecule has 5 nitrogen and oxygen atoms in total. The topological polar surface area (TPSA) is 62.2 Å². The normalized spacial score (nSPS) is 22.2. The van der Waals surface area contributed by atoms with Gasteiger partial charge in [-0.3, -0.25) is 4.90 Å². The summed E-state index contributed by atoms with van der Waals surface area (Å²) in [7, 11) is 0. The molecule has 2 N–H and O–H groups in total. The van der Waals surface area contributed by atoms with E-state index in [1.54, 1.807) is 24.3 Å². The van der Waals surface area contributed by atoms with Gasteiger partial charge in [0, 0.05) is 23.7 Å². The first-order chi connectivity index (χ1) is 18.4. The second-order valence-corrected chi connectivity index (χ2v) is 11.1. The Morgan fingerprint density at radius 1 is 1.00 bits per heavy atom. The third-order valence-corrected chi connectivity index (χ3v) is 8.05. The van der Waals surface area contributed by atoms with Gasteiger partial charge in [0.05, 0.1) is 0 Å². The molecule has 6 rings (SSSR count). The van der Waals surface area contributed by atoms with Crippen LogP contribution in [0.25, 0.3) is 11.1 Å². The van der Waals surface area contributed by atoms with Crippen LogP contribution in [-0.4, -0.2) is 40.9 Å². The molecule has 0 bridgehead atoms. The molecule has 2 fully saturated rings. The minimum atomic E-state index is -0.659. The van der Waals surface area contributed by atoms with Crippen LogP contribution in [0.5, 0.6) is 23.0 Å². The molecule has 3 aliphatic rings. The fourth-order valence-electron chi connectivity index (χ4n) is 5.77. The van der Waals surface area contributed by atoms with Crippen molar-refractivity contribution in [3.05, 3.63) is 83.2 Å². The van der Waals surface area contributed by atoms with E-state index in [1.165, 1.54) is 18.6 Å². The summed E-state index contributed by atoms with van der Waals surface area (Å²) in [6.07, 6.45) is 2.86. The Balaban J connectivity index is 1.33. The fraction of sp³-hybridized carbons (Fsp3) is 0.375. The summed E-state index contributed by atoms with van der Waals surface area (Å²) >= 11 is 0. The first-order valence-corrected chi connectivity index (χ1v) is 13.6. The maximum atomic E-state index is 14.0. The molecular formula is C32H34FNO4. The molecular weight excluding hydrogens is 481 g/mol. The Morgan fingerprint density at radius 3 is 2.47 bits per heavy atom. The van der Waals surface area contributed by atoms with Crippen molar-refractivity contribution in [1.82, 2.24) is 4.90 Å². The monoisotopic (exact) mass is 515 g/mol. The molecule has 38 heavy (non-hydrogen) atoms. The number of aromatic hydroxyl groups is 2. The van der Waals surface area contributed by atoms with E-state index >= 15 is 0 Å². The van der Waals surface area contributed by atoms with Gasteiger partial charge in [0.25, 0.3) is 0 Å². The molecule has 1 unspecified atom stereocenters. The fourth-order valence-corrected chi connectivity index (χ4v) is 5.77. The highest BCUT2D eigenvalue weighted by atomic mass is 19.1. The largest absolute Gasteiger partial charge is 0.508 e. The maximum Gasteiger partial charge on any atom is 0.164 e. The van der Waals surface area contributed by atoms with Crippen LogP contribution in [0.3, 0.4) is 0 Å². The molecule has 2 aliphatic heterocycles. The van der Waals surface area contributed by atoms with Crippen LogP contribution in [-0.2, 0) is 0 Å². The summed E-state index contributed by atoms with van der Waals surface area (Å²) in [5.74, 6) is 1.70. The quantitative estimate of drug-likeness (QED) is 0.362. The van der Waals surface area contributed by atoms with Crippen molar-refractivity contribution in [2.75, 3.05) is 19.7 Å². The van der Waals surface area contributed by atoms with E-state index in [4.69, 9.17) is 9.47 Å². The highest BCUT2D eigenvalue weighted by molar-refractivity contribution is 5.98. The van der Waals surface area contributed by atoms with Crippen LogP contribution in [0.15, 0.2) is 60.7 Å². The average Bonchev–Trinajstić information content (AvgIpc) is 3.67. The molecule has 2 heterocycles. The van der Waals surface area contributed by atoms with Gasteiger partial charge >= 0.3 is 0 Å². The van der Waals surface area contributed by atoms with Gasteiger partial charge in [0.2, 0.25) is 0 Å². The van der Waals surface area contributed by atoms with Gasteiger partial charge < -0.3 is 19.7 Å². The Morgan fingerprint density at radius 2 is 1.79 bits per heavy atom. The molecule has 0 aromatic heterocycles. The maximum absolute atomic E-state index is 14.0. The van der Waals surface area contributed by atoms with E-state index in [0.29, 0.717) is 29.9 Å².